The highest BCUT2D eigenvalue weighted by Crippen LogP contribution is 2.46. The van der Waals surface area contributed by atoms with Crippen molar-refractivity contribution >= 4 is 0 Å². The summed E-state index contributed by atoms with van der Waals surface area (Å²) in [5.41, 5.74) is 7.25. The van der Waals surface area contributed by atoms with Crippen LogP contribution in [0, 0.1) is 0 Å². The second kappa shape index (κ2) is 3.51. The quantitative estimate of drug-likeness (QED) is 0.787. The highest BCUT2D eigenvalue weighted by Gasteiger charge is 2.47. The molecular weight excluding hydrogens is 188 g/mol. The predicted octanol–water partition coefficient (Wildman–Crippen LogP) is 1.49. The van der Waals surface area contributed by atoms with Crippen molar-refractivity contribution in [2.75, 3.05) is 14.1 Å². The molecule has 0 saturated heterocycles. The van der Waals surface area contributed by atoms with Gasteiger partial charge in [-0.3, -0.25) is 0 Å². The molecule has 0 bridgehead atoms. The minimum atomic E-state index is -0.0999. The lowest BCUT2D eigenvalue weighted by Gasteiger charge is -2.30. The van der Waals surface area contributed by atoms with E-state index in [2.05, 4.69) is 4.90 Å². The van der Waals surface area contributed by atoms with Gasteiger partial charge in [0.2, 0.25) is 0 Å². The van der Waals surface area contributed by atoms with E-state index in [1.54, 1.807) is 12.1 Å². The zero-order valence-corrected chi connectivity index (χ0v) is 9.27. The Balaban J connectivity index is 2.33. The predicted molar refractivity (Wildman–Crippen MR) is 60.7 cm³/mol. The Bertz CT molecular complexity index is 358. The maximum Gasteiger partial charge on any atom is 0.115 e. The van der Waals surface area contributed by atoms with Crippen LogP contribution in [0.15, 0.2) is 24.3 Å². The maximum atomic E-state index is 9.47. The molecule has 2 rings (SSSR count). The van der Waals surface area contributed by atoms with E-state index in [1.165, 1.54) is 0 Å². The number of phenols is 1. The summed E-state index contributed by atoms with van der Waals surface area (Å²) in [6.45, 7) is 0. The van der Waals surface area contributed by atoms with Gasteiger partial charge >= 0.3 is 0 Å². The van der Waals surface area contributed by atoms with Crippen LogP contribution in [0.2, 0.25) is 0 Å². The first kappa shape index (κ1) is 10.5. The van der Waals surface area contributed by atoms with Gasteiger partial charge in [-0.25, -0.2) is 0 Å². The zero-order chi connectivity index (χ0) is 11.1. The van der Waals surface area contributed by atoms with Gasteiger partial charge in [0, 0.05) is 5.54 Å². The molecule has 3 heteroatoms. The number of nitrogens with zero attached hydrogens (tertiary/aromatic N) is 1. The van der Waals surface area contributed by atoms with E-state index in [4.69, 9.17) is 5.73 Å². The Labute approximate surface area is 90.5 Å². The van der Waals surface area contributed by atoms with Gasteiger partial charge in [-0.1, -0.05) is 12.1 Å². The highest BCUT2D eigenvalue weighted by molar-refractivity contribution is 5.33. The van der Waals surface area contributed by atoms with Gasteiger partial charge < -0.3 is 15.7 Å². The van der Waals surface area contributed by atoms with Crippen LogP contribution >= 0.6 is 0 Å². The summed E-state index contributed by atoms with van der Waals surface area (Å²) in [5.74, 6) is 0.309. The molecule has 0 radical (unpaired) electrons. The summed E-state index contributed by atoms with van der Waals surface area (Å²) in [6, 6.07) is 7.58. The first-order chi connectivity index (χ1) is 7.03. The van der Waals surface area contributed by atoms with Crippen molar-refractivity contribution in [1.29, 1.82) is 0 Å². The van der Waals surface area contributed by atoms with Crippen LogP contribution in [-0.4, -0.2) is 29.6 Å². The summed E-state index contributed by atoms with van der Waals surface area (Å²) in [4.78, 5) is 2.13. The smallest absolute Gasteiger partial charge is 0.115 e. The minimum absolute atomic E-state index is 0.0999. The molecule has 1 fully saturated rings. The third-order valence-corrected chi connectivity index (χ3v) is 3.07. The number of rotatable bonds is 3. The van der Waals surface area contributed by atoms with E-state index in [9.17, 15) is 5.11 Å². The number of phenolic OH excluding ortho intramolecular Hbond substituents is 1. The third-order valence-electron chi connectivity index (χ3n) is 3.07. The monoisotopic (exact) mass is 206 g/mol. The Morgan fingerprint density at radius 3 is 2.53 bits per heavy atom. The molecule has 3 nitrogen and oxygen atoms in total. The molecule has 15 heavy (non-hydrogen) atoms. The molecule has 1 aliphatic rings. The average molecular weight is 206 g/mol. The SMILES string of the molecule is CN(C)C(c1cccc(O)c1)C1(N)CC1. The highest BCUT2D eigenvalue weighted by atomic mass is 16.3. The topological polar surface area (TPSA) is 49.5 Å². The van der Waals surface area contributed by atoms with Crippen molar-refractivity contribution < 1.29 is 5.11 Å². The van der Waals surface area contributed by atoms with Crippen molar-refractivity contribution in [1.82, 2.24) is 4.90 Å². The van der Waals surface area contributed by atoms with Gasteiger partial charge in [0.15, 0.2) is 0 Å². The summed E-state index contributed by atoms with van der Waals surface area (Å²) in [5, 5.41) is 9.47. The number of hydrogen-bond donors (Lipinski definition) is 2. The molecule has 82 valence electrons. The average Bonchev–Trinajstić information content (AvgIpc) is 2.83. The van der Waals surface area contributed by atoms with Gasteiger partial charge in [0.1, 0.15) is 5.75 Å². The second-order valence-corrected chi connectivity index (χ2v) is 4.69. The van der Waals surface area contributed by atoms with Crippen molar-refractivity contribution in [2.24, 2.45) is 5.73 Å². The van der Waals surface area contributed by atoms with Gasteiger partial charge in [0.05, 0.1) is 6.04 Å². The molecule has 1 aromatic carbocycles. The lowest BCUT2D eigenvalue weighted by molar-refractivity contribution is 0.245. The normalized spacial score (nSPS) is 20.3. The van der Waals surface area contributed by atoms with Crippen LogP contribution < -0.4 is 5.73 Å². The molecule has 0 aromatic heterocycles. The number of aromatic hydroxyl groups is 1. The van der Waals surface area contributed by atoms with Crippen LogP contribution in [0.1, 0.15) is 24.4 Å². The Hall–Kier alpha value is -1.06. The Kier molecular flexibility index (Phi) is 2.44. The van der Waals surface area contributed by atoms with Gasteiger partial charge in [-0.2, -0.15) is 0 Å². The van der Waals surface area contributed by atoms with E-state index in [-0.39, 0.29) is 11.6 Å². The van der Waals surface area contributed by atoms with E-state index in [0.29, 0.717) is 5.75 Å². The fourth-order valence-corrected chi connectivity index (χ4v) is 2.26. The molecule has 0 spiro atoms. The van der Waals surface area contributed by atoms with Crippen LogP contribution in [0.4, 0.5) is 0 Å². The molecule has 1 aromatic rings. The van der Waals surface area contributed by atoms with Crippen LogP contribution in [0.5, 0.6) is 5.75 Å². The molecule has 0 amide bonds. The largest absolute Gasteiger partial charge is 0.508 e. The number of benzene rings is 1. The number of nitrogens with two attached hydrogens (primary N) is 1. The fraction of sp³-hybridized carbons (Fsp3) is 0.500. The number of likely N-dealkylation sites (N-methyl/N-ethyl adjacent to an activating group) is 1. The minimum Gasteiger partial charge on any atom is -0.508 e. The van der Waals surface area contributed by atoms with Crippen molar-refractivity contribution in [3.63, 3.8) is 0 Å². The van der Waals surface area contributed by atoms with Crippen molar-refractivity contribution in [3.8, 4) is 5.75 Å². The van der Waals surface area contributed by atoms with Crippen molar-refractivity contribution in [2.45, 2.75) is 24.4 Å². The molecule has 1 unspecified atom stereocenters. The van der Waals surface area contributed by atoms with Gasteiger partial charge in [-0.15, -0.1) is 0 Å². The molecule has 1 atom stereocenters. The Morgan fingerprint density at radius 1 is 1.40 bits per heavy atom. The lowest BCUT2D eigenvalue weighted by Crippen LogP contribution is -2.39. The zero-order valence-electron chi connectivity index (χ0n) is 9.27. The van der Waals surface area contributed by atoms with E-state index >= 15 is 0 Å². The van der Waals surface area contributed by atoms with Crippen LogP contribution in [0.25, 0.3) is 0 Å². The summed E-state index contributed by atoms with van der Waals surface area (Å²) in [6.07, 6.45) is 2.12. The van der Waals surface area contributed by atoms with Gasteiger partial charge in [-0.05, 0) is 44.6 Å². The standard InChI is InChI=1S/C12H18N2O/c1-14(2)11(12(13)6-7-12)9-4-3-5-10(15)8-9/h3-5,8,11,15H,6-7,13H2,1-2H3. The fourth-order valence-electron chi connectivity index (χ4n) is 2.26. The molecular formula is C12H18N2O. The first-order valence-electron chi connectivity index (χ1n) is 5.27. The molecule has 0 aliphatic heterocycles. The summed E-state index contributed by atoms with van der Waals surface area (Å²) in [7, 11) is 4.06. The first-order valence-corrected chi connectivity index (χ1v) is 5.27. The molecule has 1 saturated carbocycles. The summed E-state index contributed by atoms with van der Waals surface area (Å²) >= 11 is 0. The molecule has 0 heterocycles. The number of hydrogen-bond acceptors (Lipinski definition) is 3. The van der Waals surface area contributed by atoms with Crippen LogP contribution in [-0.2, 0) is 0 Å². The summed E-state index contributed by atoms with van der Waals surface area (Å²) < 4.78 is 0. The van der Waals surface area contributed by atoms with E-state index in [1.807, 2.05) is 26.2 Å². The maximum absolute atomic E-state index is 9.47. The lowest BCUT2D eigenvalue weighted by atomic mass is 9.96. The van der Waals surface area contributed by atoms with E-state index in [0.717, 1.165) is 18.4 Å². The van der Waals surface area contributed by atoms with Crippen molar-refractivity contribution in [3.05, 3.63) is 29.8 Å². The molecule has 3 N–H and O–H groups in total. The molecule has 1 aliphatic carbocycles. The third kappa shape index (κ3) is 1.98. The second-order valence-electron chi connectivity index (χ2n) is 4.69. The Morgan fingerprint density at radius 2 is 2.07 bits per heavy atom. The van der Waals surface area contributed by atoms with E-state index < -0.39 is 0 Å². The van der Waals surface area contributed by atoms with Crippen LogP contribution in [0.3, 0.4) is 0 Å². The van der Waals surface area contributed by atoms with Gasteiger partial charge in [0.25, 0.3) is 0 Å².